The molecule has 1 heterocycles. The standard InChI is InChI=1S/C23H35N7O2/c1-14(2)13-25-22(31)21-26-17-11-10-15(3)12-16(17)20(29-21)27-18-8-6-7-9-19(18)28-23(24)30(4)32-5/h10-12,14,18-19H,6-9,13H2,1-5H3,(H2,24,28)(H,25,31)(H,26,27,29)/t18-,19+/m0/s1. The molecular weight excluding hydrogens is 406 g/mol. The van der Waals surface area contributed by atoms with E-state index in [1.54, 1.807) is 7.05 Å². The summed E-state index contributed by atoms with van der Waals surface area (Å²) in [5.74, 6) is 1.10. The molecule has 4 N–H and O–H groups in total. The number of nitrogens with one attached hydrogen (secondary N) is 4. The second-order valence-electron chi connectivity index (χ2n) is 8.84. The Hall–Kier alpha value is -2.94. The first-order chi connectivity index (χ1) is 15.3. The topological polar surface area (TPSA) is 115 Å². The van der Waals surface area contributed by atoms with Crippen LogP contribution in [0.2, 0.25) is 0 Å². The number of rotatable bonds is 7. The van der Waals surface area contributed by atoms with Gasteiger partial charge in [-0.15, -0.1) is 0 Å². The average Bonchev–Trinajstić information content (AvgIpc) is 2.78. The van der Waals surface area contributed by atoms with Crippen LogP contribution in [0.5, 0.6) is 0 Å². The quantitative estimate of drug-likeness (QED) is 0.296. The molecule has 0 radical (unpaired) electrons. The molecule has 1 aliphatic rings. The van der Waals surface area contributed by atoms with Gasteiger partial charge in [0, 0.05) is 31.1 Å². The fraction of sp³-hybridized carbons (Fsp3) is 0.565. The van der Waals surface area contributed by atoms with Crippen LogP contribution in [-0.4, -0.2) is 59.7 Å². The molecule has 1 fully saturated rings. The number of carbonyl (C=O) groups is 1. The summed E-state index contributed by atoms with van der Waals surface area (Å²) in [7, 11) is 3.23. The second kappa shape index (κ2) is 10.6. The van der Waals surface area contributed by atoms with Crippen LogP contribution in [0.3, 0.4) is 0 Å². The first-order valence-corrected chi connectivity index (χ1v) is 11.2. The number of hydrogen-bond acceptors (Lipinski definition) is 6. The van der Waals surface area contributed by atoms with Crippen molar-refractivity contribution in [3.05, 3.63) is 29.6 Å². The lowest BCUT2D eigenvalue weighted by Gasteiger charge is -2.35. The summed E-state index contributed by atoms with van der Waals surface area (Å²) < 4.78 is 0. The van der Waals surface area contributed by atoms with Crippen molar-refractivity contribution in [1.82, 2.24) is 25.7 Å². The Morgan fingerprint density at radius 2 is 1.97 bits per heavy atom. The van der Waals surface area contributed by atoms with E-state index in [4.69, 9.17) is 10.2 Å². The molecule has 0 spiro atoms. The summed E-state index contributed by atoms with van der Waals surface area (Å²) in [4.78, 5) is 27.0. The molecule has 0 bridgehead atoms. The SMILES string of the molecule is CON(C)C(=N)N[C@@H]1CCCC[C@@H]1Nc1nc(C(=O)NCC(C)C)nc2ccc(C)cc12. The fourth-order valence-electron chi connectivity index (χ4n) is 3.84. The molecule has 1 saturated carbocycles. The smallest absolute Gasteiger partial charge is 0.289 e. The van der Waals surface area contributed by atoms with Crippen LogP contribution in [0, 0.1) is 18.3 Å². The number of aromatic nitrogens is 2. The third-order valence-corrected chi connectivity index (χ3v) is 5.72. The molecule has 0 aliphatic heterocycles. The highest BCUT2D eigenvalue weighted by molar-refractivity contribution is 5.96. The van der Waals surface area contributed by atoms with Crippen LogP contribution in [-0.2, 0) is 4.84 Å². The Morgan fingerprint density at radius 3 is 2.66 bits per heavy atom. The van der Waals surface area contributed by atoms with E-state index in [0.717, 1.165) is 42.1 Å². The molecule has 1 amide bonds. The van der Waals surface area contributed by atoms with Crippen molar-refractivity contribution in [2.75, 3.05) is 26.0 Å². The monoisotopic (exact) mass is 441 g/mol. The van der Waals surface area contributed by atoms with E-state index in [0.29, 0.717) is 18.3 Å². The van der Waals surface area contributed by atoms with Crippen molar-refractivity contribution >= 4 is 28.6 Å². The van der Waals surface area contributed by atoms with Crippen LogP contribution >= 0.6 is 0 Å². The van der Waals surface area contributed by atoms with Gasteiger partial charge in [-0.3, -0.25) is 15.0 Å². The number of carbonyl (C=O) groups excluding carboxylic acids is 1. The molecule has 0 unspecified atom stereocenters. The van der Waals surface area contributed by atoms with Crippen molar-refractivity contribution in [1.29, 1.82) is 5.41 Å². The van der Waals surface area contributed by atoms with E-state index in [-0.39, 0.29) is 29.8 Å². The zero-order valence-corrected chi connectivity index (χ0v) is 19.7. The van der Waals surface area contributed by atoms with Gasteiger partial charge in [-0.05, 0) is 37.8 Å². The lowest BCUT2D eigenvalue weighted by molar-refractivity contribution is -0.0469. The zero-order chi connectivity index (χ0) is 23.3. The first-order valence-electron chi connectivity index (χ1n) is 11.2. The van der Waals surface area contributed by atoms with E-state index in [1.807, 2.05) is 39.0 Å². The van der Waals surface area contributed by atoms with E-state index >= 15 is 0 Å². The number of hydrogen-bond donors (Lipinski definition) is 4. The summed E-state index contributed by atoms with van der Waals surface area (Å²) >= 11 is 0. The van der Waals surface area contributed by atoms with Crippen molar-refractivity contribution in [2.45, 2.75) is 58.5 Å². The van der Waals surface area contributed by atoms with Gasteiger partial charge >= 0.3 is 0 Å². The average molecular weight is 442 g/mol. The number of amides is 1. The highest BCUT2D eigenvalue weighted by Gasteiger charge is 2.28. The lowest BCUT2D eigenvalue weighted by atomic mass is 9.90. The number of hydroxylamine groups is 2. The van der Waals surface area contributed by atoms with E-state index in [1.165, 1.54) is 12.2 Å². The van der Waals surface area contributed by atoms with E-state index in [2.05, 4.69) is 25.9 Å². The van der Waals surface area contributed by atoms with Crippen molar-refractivity contribution in [3.8, 4) is 0 Å². The number of fused-ring (bicyclic) bond motifs is 1. The Bertz CT molecular complexity index is 963. The highest BCUT2D eigenvalue weighted by Crippen LogP contribution is 2.27. The normalized spacial score (nSPS) is 18.4. The number of benzene rings is 1. The Balaban J connectivity index is 1.90. The third kappa shape index (κ3) is 5.85. The molecule has 3 rings (SSSR count). The van der Waals surface area contributed by atoms with Crippen LogP contribution < -0.4 is 16.0 Å². The molecule has 1 aromatic carbocycles. The molecule has 2 atom stereocenters. The summed E-state index contributed by atoms with van der Waals surface area (Å²) in [6, 6.07) is 6.05. The number of guanidine groups is 1. The zero-order valence-electron chi connectivity index (χ0n) is 19.7. The number of nitrogens with zero attached hydrogens (tertiary/aromatic N) is 3. The maximum atomic E-state index is 12.7. The summed E-state index contributed by atoms with van der Waals surface area (Å²) in [6.07, 6.45) is 4.05. The van der Waals surface area contributed by atoms with Crippen molar-refractivity contribution < 1.29 is 9.63 Å². The molecule has 1 aliphatic carbocycles. The molecule has 9 heteroatoms. The van der Waals surface area contributed by atoms with Crippen LogP contribution in [0.4, 0.5) is 5.82 Å². The van der Waals surface area contributed by atoms with Gasteiger partial charge in [0.25, 0.3) is 5.91 Å². The molecule has 0 saturated heterocycles. The van der Waals surface area contributed by atoms with Gasteiger partial charge in [0.1, 0.15) is 5.82 Å². The fourth-order valence-corrected chi connectivity index (χ4v) is 3.84. The van der Waals surface area contributed by atoms with E-state index in [9.17, 15) is 4.79 Å². The highest BCUT2D eigenvalue weighted by atomic mass is 16.7. The predicted octanol–water partition coefficient (Wildman–Crippen LogP) is 3.06. The molecule has 32 heavy (non-hydrogen) atoms. The molecule has 9 nitrogen and oxygen atoms in total. The molecule has 1 aromatic heterocycles. The van der Waals surface area contributed by atoms with Crippen LogP contribution in [0.25, 0.3) is 10.9 Å². The minimum absolute atomic E-state index is 0.0434. The van der Waals surface area contributed by atoms with Gasteiger partial charge in [0.15, 0.2) is 0 Å². The predicted molar refractivity (Wildman–Crippen MR) is 127 cm³/mol. The molecule has 2 aromatic rings. The Labute approximate surface area is 189 Å². The minimum atomic E-state index is -0.272. The summed E-state index contributed by atoms with van der Waals surface area (Å²) in [5.41, 5.74) is 1.83. The van der Waals surface area contributed by atoms with Gasteiger partial charge in [-0.25, -0.2) is 15.0 Å². The van der Waals surface area contributed by atoms with Crippen LogP contribution in [0.1, 0.15) is 55.7 Å². The number of anilines is 1. The van der Waals surface area contributed by atoms with Gasteiger partial charge in [0.2, 0.25) is 11.8 Å². The maximum absolute atomic E-state index is 12.7. The van der Waals surface area contributed by atoms with Crippen molar-refractivity contribution in [3.63, 3.8) is 0 Å². The Morgan fingerprint density at radius 1 is 1.25 bits per heavy atom. The van der Waals surface area contributed by atoms with Gasteiger partial charge in [-0.1, -0.05) is 38.3 Å². The summed E-state index contributed by atoms with van der Waals surface area (Å²) in [5, 5.41) is 20.2. The third-order valence-electron chi connectivity index (χ3n) is 5.72. The van der Waals surface area contributed by atoms with Gasteiger partial charge < -0.3 is 16.0 Å². The lowest BCUT2D eigenvalue weighted by Crippen LogP contribution is -2.52. The Kier molecular flexibility index (Phi) is 7.84. The molecular formula is C23H35N7O2. The molecule has 174 valence electrons. The first kappa shape index (κ1) is 23.7. The maximum Gasteiger partial charge on any atom is 0.289 e. The van der Waals surface area contributed by atoms with Crippen LogP contribution in [0.15, 0.2) is 18.2 Å². The minimum Gasteiger partial charge on any atom is -0.365 e. The summed E-state index contributed by atoms with van der Waals surface area (Å²) in [6.45, 7) is 6.69. The number of aryl methyl sites for hydroxylation is 1. The van der Waals surface area contributed by atoms with Crippen molar-refractivity contribution in [2.24, 2.45) is 5.92 Å². The second-order valence-corrected chi connectivity index (χ2v) is 8.84. The van der Waals surface area contributed by atoms with Gasteiger partial charge in [-0.2, -0.15) is 0 Å². The van der Waals surface area contributed by atoms with Gasteiger partial charge in [0.05, 0.1) is 12.6 Å². The van der Waals surface area contributed by atoms with E-state index < -0.39 is 0 Å². The largest absolute Gasteiger partial charge is 0.365 e.